The number of para-hydroxylation sites is 2. The summed E-state index contributed by atoms with van der Waals surface area (Å²) in [7, 11) is 0. The molecule has 0 atom stereocenters. The number of carboxylic acids is 1. The summed E-state index contributed by atoms with van der Waals surface area (Å²) in [6.07, 6.45) is 0. The highest BCUT2D eigenvalue weighted by Crippen LogP contribution is 2.23. The zero-order chi connectivity index (χ0) is 17.6. The molecule has 3 aromatic rings. The Hall–Kier alpha value is -3.60. The van der Waals surface area contributed by atoms with Crippen LogP contribution in [0.3, 0.4) is 0 Å². The van der Waals surface area contributed by atoms with Crippen LogP contribution in [0, 0.1) is 5.41 Å². The highest BCUT2D eigenvalue weighted by atomic mass is 16.5. The van der Waals surface area contributed by atoms with Crippen molar-refractivity contribution < 1.29 is 14.6 Å². The van der Waals surface area contributed by atoms with Crippen LogP contribution in [0.15, 0.2) is 78.9 Å². The van der Waals surface area contributed by atoms with Gasteiger partial charge in [0.15, 0.2) is 0 Å². The van der Waals surface area contributed by atoms with Gasteiger partial charge < -0.3 is 15.2 Å². The molecule has 0 heterocycles. The number of carboxylic acid groups (broad SMARTS) is 1. The van der Waals surface area contributed by atoms with E-state index in [1.54, 1.807) is 30.3 Å². The SMILES string of the molecule is N=C(Oc1ccccc1)c1ccccc1Nc1ccc(C(=O)O)cc1. The molecular weight excluding hydrogens is 316 g/mol. The molecule has 0 bridgehead atoms. The van der Waals surface area contributed by atoms with Gasteiger partial charge in [0.1, 0.15) is 5.75 Å². The number of hydrogen-bond acceptors (Lipinski definition) is 4. The van der Waals surface area contributed by atoms with Crippen molar-refractivity contribution in [3.63, 3.8) is 0 Å². The van der Waals surface area contributed by atoms with Crippen molar-refractivity contribution in [1.29, 1.82) is 5.41 Å². The van der Waals surface area contributed by atoms with Crippen molar-refractivity contribution >= 4 is 23.2 Å². The quantitative estimate of drug-likeness (QED) is 0.473. The largest absolute Gasteiger partial charge is 0.478 e. The predicted octanol–water partition coefficient (Wildman–Crippen LogP) is 4.53. The Bertz CT molecular complexity index is 890. The lowest BCUT2D eigenvalue weighted by Crippen LogP contribution is -2.11. The van der Waals surface area contributed by atoms with Crippen molar-refractivity contribution in [3.05, 3.63) is 90.0 Å². The first-order valence-electron chi connectivity index (χ1n) is 7.65. The van der Waals surface area contributed by atoms with Crippen LogP contribution >= 0.6 is 0 Å². The highest BCUT2D eigenvalue weighted by molar-refractivity contribution is 5.99. The molecule has 0 saturated carbocycles. The van der Waals surface area contributed by atoms with Crippen LogP contribution < -0.4 is 10.1 Å². The molecule has 0 amide bonds. The molecule has 0 radical (unpaired) electrons. The van der Waals surface area contributed by atoms with E-state index < -0.39 is 5.97 Å². The highest BCUT2D eigenvalue weighted by Gasteiger charge is 2.10. The van der Waals surface area contributed by atoms with E-state index >= 15 is 0 Å². The molecule has 0 aliphatic heterocycles. The van der Waals surface area contributed by atoms with E-state index in [1.807, 2.05) is 36.4 Å². The van der Waals surface area contributed by atoms with Crippen LogP contribution in [-0.2, 0) is 0 Å². The number of nitrogens with one attached hydrogen (secondary N) is 2. The maximum Gasteiger partial charge on any atom is 0.335 e. The Morgan fingerprint density at radius 2 is 1.52 bits per heavy atom. The molecule has 25 heavy (non-hydrogen) atoms. The topological polar surface area (TPSA) is 82.4 Å². The molecule has 0 spiro atoms. The lowest BCUT2D eigenvalue weighted by atomic mass is 10.1. The molecule has 0 aromatic heterocycles. The maximum absolute atomic E-state index is 10.9. The second kappa shape index (κ2) is 7.31. The van der Waals surface area contributed by atoms with Crippen molar-refractivity contribution in [1.82, 2.24) is 0 Å². The summed E-state index contributed by atoms with van der Waals surface area (Å²) < 4.78 is 5.59. The van der Waals surface area contributed by atoms with E-state index in [-0.39, 0.29) is 11.5 Å². The summed E-state index contributed by atoms with van der Waals surface area (Å²) in [6.45, 7) is 0. The van der Waals surface area contributed by atoms with Crippen molar-refractivity contribution in [2.75, 3.05) is 5.32 Å². The van der Waals surface area contributed by atoms with Crippen LogP contribution in [0.1, 0.15) is 15.9 Å². The number of ether oxygens (including phenoxy) is 1. The Balaban J connectivity index is 1.81. The van der Waals surface area contributed by atoms with Crippen LogP contribution in [0.4, 0.5) is 11.4 Å². The first-order chi connectivity index (χ1) is 12.1. The van der Waals surface area contributed by atoms with Gasteiger partial charge in [0, 0.05) is 5.69 Å². The molecule has 0 unspecified atom stereocenters. The van der Waals surface area contributed by atoms with Crippen LogP contribution in [0.5, 0.6) is 5.75 Å². The summed E-state index contributed by atoms with van der Waals surface area (Å²) in [6, 6.07) is 22.9. The summed E-state index contributed by atoms with van der Waals surface area (Å²) in [5.41, 5.74) is 2.25. The van der Waals surface area contributed by atoms with Gasteiger partial charge >= 0.3 is 5.97 Å². The number of rotatable bonds is 5. The second-order valence-electron chi connectivity index (χ2n) is 5.30. The number of anilines is 2. The standard InChI is InChI=1S/C20H16N2O3/c21-19(25-16-6-2-1-3-7-16)17-8-4-5-9-18(17)22-15-12-10-14(11-13-15)20(23)24/h1-13,21-22H,(H,23,24). The van der Waals surface area contributed by atoms with Gasteiger partial charge in [0.25, 0.3) is 0 Å². The van der Waals surface area contributed by atoms with Gasteiger partial charge in [-0.2, -0.15) is 0 Å². The van der Waals surface area contributed by atoms with Crippen LogP contribution in [0.25, 0.3) is 0 Å². The third kappa shape index (κ3) is 4.03. The minimum atomic E-state index is -0.968. The van der Waals surface area contributed by atoms with Crippen LogP contribution in [0.2, 0.25) is 0 Å². The van der Waals surface area contributed by atoms with E-state index in [2.05, 4.69) is 5.32 Å². The molecule has 0 saturated heterocycles. The smallest absolute Gasteiger partial charge is 0.335 e. The third-order valence-corrected chi connectivity index (χ3v) is 3.55. The number of carbonyl (C=O) groups is 1. The van der Waals surface area contributed by atoms with Crippen LogP contribution in [-0.4, -0.2) is 17.0 Å². The molecule has 0 aliphatic carbocycles. The minimum Gasteiger partial charge on any atom is -0.478 e. The molecule has 0 aliphatic rings. The number of aromatic carboxylic acids is 1. The average Bonchev–Trinajstić information content (AvgIpc) is 2.63. The Morgan fingerprint density at radius 1 is 0.880 bits per heavy atom. The van der Waals surface area contributed by atoms with Crippen molar-refractivity contribution in [2.45, 2.75) is 0 Å². The molecule has 5 heteroatoms. The van der Waals surface area contributed by atoms with E-state index in [0.717, 1.165) is 5.69 Å². The van der Waals surface area contributed by atoms with E-state index in [4.69, 9.17) is 15.3 Å². The fourth-order valence-corrected chi connectivity index (χ4v) is 2.30. The van der Waals surface area contributed by atoms with E-state index in [9.17, 15) is 4.79 Å². The number of hydrogen-bond donors (Lipinski definition) is 3. The Kier molecular flexibility index (Phi) is 4.76. The number of benzene rings is 3. The molecule has 0 fully saturated rings. The minimum absolute atomic E-state index is 0.0245. The summed E-state index contributed by atoms with van der Waals surface area (Å²) in [5, 5.41) is 20.4. The Morgan fingerprint density at radius 3 is 2.20 bits per heavy atom. The van der Waals surface area contributed by atoms with Gasteiger partial charge in [-0.3, -0.25) is 5.41 Å². The van der Waals surface area contributed by atoms with Gasteiger partial charge in [0.05, 0.1) is 16.8 Å². The average molecular weight is 332 g/mol. The zero-order valence-electron chi connectivity index (χ0n) is 13.3. The first kappa shape index (κ1) is 16.3. The maximum atomic E-state index is 10.9. The summed E-state index contributed by atoms with van der Waals surface area (Å²) in [4.78, 5) is 10.9. The lowest BCUT2D eigenvalue weighted by Gasteiger charge is -2.13. The zero-order valence-corrected chi connectivity index (χ0v) is 13.3. The summed E-state index contributed by atoms with van der Waals surface area (Å²) in [5.74, 6) is -0.352. The van der Waals surface area contributed by atoms with Gasteiger partial charge in [-0.05, 0) is 48.5 Å². The van der Waals surface area contributed by atoms with Crippen molar-refractivity contribution in [3.8, 4) is 5.75 Å². The fraction of sp³-hybridized carbons (Fsp3) is 0. The monoisotopic (exact) mass is 332 g/mol. The third-order valence-electron chi connectivity index (χ3n) is 3.55. The van der Waals surface area contributed by atoms with Gasteiger partial charge in [-0.25, -0.2) is 4.79 Å². The van der Waals surface area contributed by atoms with E-state index in [0.29, 0.717) is 17.0 Å². The van der Waals surface area contributed by atoms with Gasteiger partial charge in [-0.1, -0.05) is 30.3 Å². The van der Waals surface area contributed by atoms with E-state index in [1.165, 1.54) is 12.1 Å². The molecule has 5 nitrogen and oxygen atoms in total. The van der Waals surface area contributed by atoms with Gasteiger partial charge in [0.2, 0.25) is 5.90 Å². The fourth-order valence-electron chi connectivity index (χ4n) is 2.30. The van der Waals surface area contributed by atoms with Gasteiger partial charge in [-0.15, -0.1) is 0 Å². The predicted molar refractivity (Wildman–Crippen MR) is 97.0 cm³/mol. The summed E-state index contributed by atoms with van der Waals surface area (Å²) >= 11 is 0. The first-order valence-corrected chi connectivity index (χ1v) is 7.65. The second-order valence-corrected chi connectivity index (χ2v) is 5.30. The molecule has 3 N–H and O–H groups in total. The van der Waals surface area contributed by atoms with Crippen molar-refractivity contribution in [2.24, 2.45) is 0 Å². The molecule has 124 valence electrons. The normalized spacial score (nSPS) is 10.1. The Labute approximate surface area is 145 Å². The molecular formula is C20H16N2O3. The molecule has 3 aromatic carbocycles. The molecule has 3 rings (SSSR count). The lowest BCUT2D eigenvalue weighted by molar-refractivity contribution is 0.0697.